The van der Waals surface area contributed by atoms with Crippen LogP contribution in [0.1, 0.15) is 24.7 Å². The van der Waals surface area contributed by atoms with Crippen molar-refractivity contribution in [3.05, 3.63) is 35.7 Å². The molecule has 0 aliphatic carbocycles. The standard InChI is InChI=1S/C14H17FN4/c1-4-5-12-18-13(9(2)14(16-3)19-12)10-6-11(15)8-17-7-10/h6-8H,4-5H2,1-3H3,(H,16,18,19). The van der Waals surface area contributed by atoms with Crippen molar-refractivity contribution in [1.29, 1.82) is 0 Å². The van der Waals surface area contributed by atoms with E-state index in [2.05, 4.69) is 27.2 Å². The first-order valence-corrected chi connectivity index (χ1v) is 6.32. The molecule has 5 heteroatoms. The van der Waals surface area contributed by atoms with Crippen LogP contribution in [0.2, 0.25) is 0 Å². The third-order valence-corrected chi connectivity index (χ3v) is 2.88. The van der Waals surface area contributed by atoms with E-state index < -0.39 is 0 Å². The quantitative estimate of drug-likeness (QED) is 0.918. The lowest BCUT2D eigenvalue weighted by molar-refractivity contribution is 0.622. The Hall–Kier alpha value is -2.04. The highest BCUT2D eigenvalue weighted by molar-refractivity contribution is 5.67. The maximum Gasteiger partial charge on any atom is 0.142 e. The minimum Gasteiger partial charge on any atom is -0.373 e. The van der Waals surface area contributed by atoms with Gasteiger partial charge in [0.1, 0.15) is 17.5 Å². The van der Waals surface area contributed by atoms with Gasteiger partial charge in [0, 0.05) is 30.8 Å². The van der Waals surface area contributed by atoms with Crippen molar-refractivity contribution in [1.82, 2.24) is 15.0 Å². The van der Waals surface area contributed by atoms with E-state index >= 15 is 0 Å². The number of nitrogens with zero attached hydrogens (tertiary/aromatic N) is 3. The zero-order valence-electron chi connectivity index (χ0n) is 11.4. The second-order valence-electron chi connectivity index (χ2n) is 4.35. The molecule has 0 saturated heterocycles. The Labute approximate surface area is 112 Å². The normalized spacial score (nSPS) is 10.5. The Balaban J connectivity index is 2.57. The average Bonchev–Trinajstić information content (AvgIpc) is 2.41. The largest absolute Gasteiger partial charge is 0.373 e. The fourth-order valence-corrected chi connectivity index (χ4v) is 1.96. The minimum absolute atomic E-state index is 0.362. The molecule has 0 aliphatic rings. The number of halogens is 1. The molecular weight excluding hydrogens is 243 g/mol. The molecule has 2 rings (SSSR count). The predicted molar refractivity (Wildman–Crippen MR) is 73.5 cm³/mol. The van der Waals surface area contributed by atoms with Gasteiger partial charge >= 0.3 is 0 Å². The van der Waals surface area contributed by atoms with Crippen molar-refractivity contribution >= 4 is 5.82 Å². The zero-order chi connectivity index (χ0) is 13.8. The van der Waals surface area contributed by atoms with Gasteiger partial charge in [0.25, 0.3) is 0 Å². The molecule has 0 fully saturated rings. The summed E-state index contributed by atoms with van der Waals surface area (Å²) in [7, 11) is 1.82. The smallest absolute Gasteiger partial charge is 0.142 e. The van der Waals surface area contributed by atoms with E-state index in [9.17, 15) is 4.39 Å². The number of rotatable bonds is 4. The van der Waals surface area contributed by atoms with Gasteiger partial charge in [0.2, 0.25) is 0 Å². The molecule has 0 spiro atoms. The Morgan fingerprint density at radius 3 is 2.68 bits per heavy atom. The number of nitrogens with one attached hydrogen (secondary N) is 1. The van der Waals surface area contributed by atoms with E-state index in [0.29, 0.717) is 5.56 Å². The first kappa shape index (κ1) is 13.4. The first-order valence-electron chi connectivity index (χ1n) is 6.32. The third-order valence-electron chi connectivity index (χ3n) is 2.88. The van der Waals surface area contributed by atoms with Crippen LogP contribution < -0.4 is 5.32 Å². The summed E-state index contributed by atoms with van der Waals surface area (Å²) in [6.07, 6.45) is 4.57. The molecule has 2 aromatic heterocycles. The summed E-state index contributed by atoms with van der Waals surface area (Å²) < 4.78 is 13.3. The molecule has 0 amide bonds. The van der Waals surface area contributed by atoms with Crippen LogP contribution in [0.5, 0.6) is 0 Å². The van der Waals surface area contributed by atoms with Gasteiger partial charge in [-0.05, 0) is 19.4 Å². The minimum atomic E-state index is -0.362. The van der Waals surface area contributed by atoms with Gasteiger partial charge in [-0.2, -0.15) is 0 Å². The second kappa shape index (κ2) is 5.73. The Kier molecular flexibility index (Phi) is 4.04. The predicted octanol–water partition coefficient (Wildman–Crippen LogP) is 2.98. The molecule has 0 atom stereocenters. The fraction of sp³-hybridized carbons (Fsp3) is 0.357. The van der Waals surface area contributed by atoms with Crippen molar-refractivity contribution in [3.8, 4) is 11.3 Å². The van der Waals surface area contributed by atoms with Crippen molar-refractivity contribution in [2.75, 3.05) is 12.4 Å². The molecule has 19 heavy (non-hydrogen) atoms. The molecule has 0 saturated carbocycles. The summed E-state index contributed by atoms with van der Waals surface area (Å²) in [5, 5.41) is 3.05. The molecule has 100 valence electrons. The lowest BCUT2D eigenvalue weighted by Crippen LogP contribution is -2.05. The number of anilines is 1. The summed E-state index contributed by atoms with van der Waals surface area (Å²) in [4.78, 5) is 12.9. The Bertz CT molecular complexity index is 584. The van der Waals surface area contributed by atoms with Crippen LogP contribution in [0.4, 0.5) is 10.2 Å². The van der Waals surface area contributed by atoms with Crippen LogP contribution >= 0.6 is 0 Å². The van der Waals surface area contributed by atoms with E-state index in [4.69, 9.17) is 0 Å². The summed E-state index contributed by atoms with van der Waals surface area (Å²) >= 11 is 0. The molecule has 0 bridgehead atoms. The molecule has 0 unspecified atom stereocenters. The number of hydrogen-bond acceptors (Lipinski definition) is 4. The highest BCUT2D eigenvalue weighted by atomic mass is 19.1. The molecule has 0 aliphatic heterocycles. The first-order chi connectivity index (χ1) is 9.15. The maximum atomic E-state index is 13.3. The van der Waals surface area contributed by atoms with Crippen molar-refractivity contribution < 1.29 is 4.39 Å². The third kappa shape index (κ3) is 2.86. The van der Waals surface area contributed by atoms with Gasteiger partial charge in [-0.1, -0.05) is 6.92 Å². The van der Waals surface area contributed by atoms with Crippen molar-refractivity contribution in [2.45, 2.75) is 26.7 Å². The summed E-state index contributed by atoms with van der Waals surface area (Å²) in [5.41, 5.74) is 2.30. The zero-order valence-corrected chi connectivity index (χ0v) is 11.4. The SMILES string of the molecule is CCCc1nc(NC)c(C)c(-c2cncc(F)c2)n1. The Morgan fingerprint density at radius 1 is 1.26 bits per heavy atom. The van der Waals surface area contributed by atoms with E-state index in [-0.39, 0.29) is 5.82 Å². The highest BCUT2D eigenvalue weighted by Gasteiger charge is 2.12. The number of pyridine rings is 1. The summed E-state index contributed by atoms with van der Waals surface area (Å²) in [6.45, 7) is 3.99. The second-order valence-corrected chi connectivity index (χ2v) is 4.35. The van der Waals surface area contributed by atoms with E-state index in [1.165, 1.54) is 12.3 Å². The molecule has 4 nitrogen and oxygen atoms in total. The number of hydrogen-bond donors (Lipinski definition) is 1. The molecular formula is C14H17FN4. The van der Waals surface area contributed by atoms with Crippen molar-refractivity contribution in [3.63, 3.8) is 0 Å². The van der Waals surface area contributed by atoms with Gasteiger partial charge in [0.05, 0.1) is 11.9 Å². The summed E-state index contributed by atoms with van der Waals surface area (Å²) in [6, 6.07) is 1.44. The van der Waals surface area contributed by atoms with Gasteiger partial charge in [0.15, 0.2) is 0 Å². The van der Waals surface area contributed by atoms with E-state index in [0.717, 1.165) is 35.7 Å². The van der Waals surface area contributed by atoms with Gasteiger partial charge in [-0.3, -0.25) is 4.98 Å². The summed E-state index contributed by atoms with van der Waals surface area (Å²) in [5.74, 6) is 1.17. The average molecular weight is 260 g/mol. The van der Waals surface area contributed by atoms with Crippen molar-refractivity contribution in [2.24, 2.45) is 0 Å². The van der Waals surface area contributed by atoms with Gasteiger partial charge < -0.3 is 5.32 Å². The molecule has 2 heterocycles. The molecule has 0 aromatic carbocycles. The lowest BCUT2D eigenvalue weighted by atomic mass is 10.1. The van der Waals surface area contributed by atoms with Gasteiger partial charge in [-0.25, -0.2) is 14.4 Å². The van der Waals surface area contributed by atoms with Gasteiger partial charge in [-0.15, -0.1) is 0 Å². The van der Waals surface area contributed by atoms with Crippen LogP contribution in [-0.4, -0.2) is 22.0 Å². The highest BCUT2D eigenvalue weighted by Crippen LogP contribution is 2.25. The monoisotopic (exact) mass is 260 g/mol. The molecule has 0 radical (unpaired) electrons. The number of aromatic nitrogens is 3. The van der Waals surface area contributed by atoms with Crippen LogP contribution in [0, 0.1) is 12.7 Å². The van der Waals surface area contributed by atoms with Crippen LogP contribution in [0.25, 0.3) is 11.3 Å². The Morgan fingerprint density at radius 2 is 2.05 bits per heavy atom. The van der Waals surface area contributed by atoms with E-state index in [1.807, 2.05) is 14.0 Å². The van der Waals surface area contributed by atoms with Crippen LogP contribution in [0.3, 0.4) is 0 Å². The van der Waals surface area contributed by atoms with Crippen LogP contribution in [0.15, 0.2) is 18.5 Å². The lowest BCUT2D eigenvalue weighted by Gasteiger charge is -2.12. The molecule has 1 N–H and O–H groups in total. The maximum absolute atomic E-state index is 13.3. The number of aryl methyl sites for hydroxylation is 1. The topological polar surface area (TPSA) is 50.7 Å². The molecule has 2 aromatic rings. The van der Waals surface area contributed by atoms with E-state index in [1.54, 1.807) is 6.20 Å². The van der Waals surface area contributed by atoms with Crippen LogP contribution in [-0.2, 0) is 6.42 Å². The fourth-order valence-electron chi connectivity index (χ4n) is 1.96.